The Balaban J connectivity index is 1.61. The summed E-state index contributed by atoms with van der Waals surface area (Å²) in [5, 5.41) is 7.86. The highest BCUT2D eigenvalue weighted by atomic mass is 19.4. The van der Waals surface area contributed by atoms with Gasteiger partial charge in [-0.1, -0.05) is 12.1 Å². The maximum Gasteiger partial charge on any atom is 0.573 e. The van der Waals surface area contributed by atoms with Gasteiger partial charge in [0.25, 0.3) is 0 Å². The number of halogens is 3. The summed E-state index contributed by atoms with van der Waals surface area (Å²) >= 11 is 0. The number of ether oxygens (including phenoxy) is 2. The van der Waals surface area contributed by atoms with Crippen LogP contribution in [0.5, 0.6) is 11.8 Å². The van der Waals surface area contributed by atoms with Crippen molar-refractivity contribution in [3.05, 3.63) is 54.1 Å². The van der Waals surface area contributed by atoms with E-state index in [1.807, 2.05) is 6.92 Å². The van der Waals surface area contributed by atoms with Gasteiger partial charge in [0, 0.05) is 12.4 Å². The van der Waals surface area contributed by atoms with E-state index >= 15 is 0 Å². The molecule has 0 saturated heterocycles. The Morgan fingerprint density at radius 2 is 1.77 bits per heavy atom. The van der Waals surface area contributed by atoms with Crippen molar-refractivity contribution in [3.63, 3.8) is 0 Å². The molecule has 0 aliphatic heterocycles. The van der Waals surface area contributed by atoms with E-state index in [9.17, 15) is 13.2 Å². The summed E-state index contributed by atoms with van der Waals surface area (Å²) in [5.74, 6) is -0.308. The second kappa shape index (κ2) is 7.38. The van der Waals surface area contributed by atoms with E-state index in [0.29, 0.717) is 11.4 Å². The number of hydrogen-bond acceptors (Lipinski definition) is 6. The van der Waals surface area contributed by atoms with Crippen molar-refractivity contribution in [1.29, 1.82) is 0 Å². The van der Waals surface area contributed by atoms with Crippen molar-refractivity contribution in [2.75, 3.05) is 0 Å². The highest BCUT2D eigenvalue weighted by Crippen LogP contribution is 2.23. The summed E-state index contributed by atoms with van der Waals surface area (Å²) < 4.78 is 47.2. The lowest BCUT2D eigenvalue weighted by atomic mass is 10.3. The van der Waals surface area contributed by atoms with Crippen LogP contribution < -0.4 is 9.47 Å². The van der Waals surface area contributed by atoms with Gasteiger partial charge in [-0.05, 0) is 36.2 Å². The number of hydrogen-bond donors (Lipinski definition) is 0. The maximum atomic E-state index is 12.2. The molecule has 2 heterocycles. The van der Waals surface area contributed by atoms with Crippen molar-refractivity contribution in [2.24, 2.45) is 0 Å². The standard InChI is InChI=1S/C16H14F3N5O2/c1-2-11-7-20-15(21-8-11)25-10-12-9-24(23-22-12)13-3-5-14(6-4-13)26-16(17,18)19/h3-9H,2,10H2,1H3. The number of nitrogens with zero attached hydrogens (tertiary/aromatic N) is 5. The fourth-order valence-corrected chi connectivity index (χ4v) is 2.03. The normalized spacial score (nSPS) is 11.4. The van der Waals surface area contributed by atoms with Crippen LogP contribution in [0, 0.1) is 0 Å². The lowest BCUT2D eigenvalue weighted by Crippen LogP contribution is -2.17. The third-order valence-corrected chi connectivity index (χ3v) is 3.31. The van der Waals surface area contributed by atoms with E-state index in [2.05, 4.69) is 25.0 Å². The molecule has 7 nitrogen and oxygen atoms in total. The van der Waals surface area contributed by atoms with Crippen molar-refractivity contribution in [1.82, 2.24) is 25.0 Å². The largest absolute Gasteiger partial charge is 0.573 e. The van der Waals surface area contributed by atoms with Crippen LogP contribution in [0.1, 0.15) is 18.2 Å². The minimum absolute atomic E-state index is 0.112. The van der Waals surface area contributed by atoms with Gasteiger partial charge in [0.2, 0.25) is 0 Å². The van der Waals surface area contributed by atoms with Crippen molar-refractivity contribution in [3.8, 4) is 17.4 Å². The van der Waals surface area contributed by atoms with Crippen LogP contribution in [0.25, 0.3) is 5.69 Å². The predicted octanol–water partition coefficient (Wildman–Crippen LogP) is 3.10. The summed E-state index contributed by atoms with van der Waals surface area (Å²) in [6, 6.07) is 5.50. The van der Waals surface area contributed by atoms with Gasteiger partial charge in [-0.25, -0.2) is 14.6 Å². The summed E-state index contributed by atoms with van der Waals surface area (Å²) in [6.45, 7) is 2.11. The molecule has 0 atom stereocenters. The molecule has 0 aliphatic carbocycles. The van der Waals surface area contributed by atoms with E-state index in [1.54, 1.807) is 18.6 Å². The highest BCUT2D eigenvalue weighted by Gasteiger charge is 2.30. The molecule has 3 rings (SSSR count). The molecule has 1 aromatic carbocycles. The molecule has 0 spiro atoms. The number of rotatable bonds is 6. The van der Waals surface area contributed by atoms with Crippen LogP contribution in [0.2, 0.25) is 0 Å². The van der Waals surface area contributed by atoms with Crippen LogP contribution >= 0.6 is 0 Å². The van der Waals surface area contributed by atoms with Crippen LogP contribution in [-0.4, -0.2) is 31.3 Å². The minimum atomic E-state index is -4.73. The van der Waals surface area contributed by atoms with E-state index in [0.717, 1.165) is 12.0 Å². The third-order valence-electron chi connectivity index (χ3n) is 3.31. The van der Waals surface area contributed by atoms with E-state index in [1.165, 1.54) is 28.9 Å². The number of aryl methyl sites for hydroxylation is 1. The molecule has 0 bridgehead atoms. The Morgan fingerprint density at radius 1 is 1.08 bits per heavy atom. The minimum Gasteiger partial charge on any atom is -0.457 e. The third kappa shape index (κ3) is 4.68. The Labute approximate surface area is 146 Å². The molecule has 3 aromatic rings. The zero-order chi connectivity index (χ0) is 18.6. The molecule has 0 N–H and O–H groups in total. The lowest BCUT2D eigenvalue weighted by molar-refractivity contribution is -0.274. The summed E-state index contributed by atoms with van der Waals surface area (Å²) in [5.41, 5.74) is 2.05. The molecule has 10 heteroatoms. The van der Waals surface area contributed by atoms with Gasteiger partial charge < -0.3 is 9.47 Å². The molecular weight excluding hydrogens is 351 g/mol. The highest BCUT2D eigenvalue weighted by molar-refractivity contribution is 5.36. The Bertz CT molecular complexity index is 848. The lowest BCUT2D eigenvalue weighted by Gasteiger charge is -2.08. The van der Waals surface area contributed by atoms with Crippen LogP contribution in [0.4, 0.5) is 13.2 Å². The average molecular weight is 365 g/mol. The first-order valence-electron chi connectivity index (χ1n) is 7.64. The molecule has 0 amide bonds. The Morgan fingerprint density at radius 3 is 2.38 bits per heavy atom. The fraction of sp³-hybridized carbons (Fsp3) is 0.250. The topological polar surface area (TPSA) is 75.0 Å². The van der Waals surface area contributed by atoms with Crippen LogP contribution in [-0.2, 0) is 13.0 Å². The molecule has 0 unspecified atom stereocenters. The fourth-order valence-electron chi connectivity index (χ4n) is 2.03. The molecule has 2 aromatic heterocycles. The summed E-state index contributed by atoms with van der Waals surface area (Å²) in [7, 11) is 0. The summed E-state index contributed by atoms with van der Waals surface area (Å²) in [4.78, 5) is 8.15. The van der Waals surface area contributed by atoms with Gasteiger partial charge in [0.05, 0.1) is 11.9 Å². The van der Waals surface area contributed by atoms with Crippen molar-refractivity contribution in [2.45, 2.75) is 26.3 Å². The smallest absolute Gasteiger partial charge is 0.457 e. The number of aromatic nitrogens is 5. The van der Waals surface area contributed by atoms with Crippen molar-refractivity contribution >= 4 is 0 Å². The molecule has 136 valence electrons. The Hall–Kier alpha value is -3.17. The van der Waals surface area contributed by atoms with Gasteiger partial charge in [-0.15, -0.1) is 18.3 Å². The molecule has 0 radical (unpaired) electrons. The Kier molecular flexibility index (Phi) is 5.01. The first-order valence-corrected chi connectivity index (χ1v) is 7.64. The molecular formula is C16H14F3N5O2. The van der Waals surface area contributed by atoms with Crippen LogP contribution in [0.15, 0.2) is 42.9 Å². The van der Waals surface area contributed by atoms with Crippen molar-refractivity contribution < 1.29 is 22.6 Å². The van der Waals surface area contributed by atoms with Gasteiger partial charge in [-0.2, -0.15) is 0 Å². The molecule has 0 fully saturated rings. The first-order chi connectivity index (χ1) is 12.4. The number of alkyl halides is 3. The molecule has 0 aliphatic rings. The van der Waals surface area contributed by atoms with E-state index < -0.39 is 6.36 Å². The molecule has 26 heavy (non-hydrogen) atoms. The van der Waals surface area contributed by atoms with Gasteiger partial charge in [0.1, 0.15) is 18.1 Å². The predicted molar refractivity (Wildman–Crippen MR) is 83.8 cm³/mol. The SMILES string of the molecule is CCc1cnc(OCc2cn(-c3ccc(OC(F)(F)F)cc3)nn2)nc1. The van der Waals surface area contributed by atoms with E-state index in [-0.39, 0.29) is 18.4 Å². The first kappa shape index (κ1) is 17.6. The van der Waals surface area contributed by atoms with E-state index in [4.69, 9.17) is 4.74 Å². The summed E-state index contributed by atoms with van der Waals surface area (Å²) in [6.07, 6.45) is 1.08. The molecule has 0 saturated carbocycles. The average Bonchev–Trinajstić information content (AvgIpc) is 3.09. The van der Waals surface area contributed by atoms with Gasteiger partial charge >= 0.3 is 12.4 Å². The van der Waals surface area contributed by atoms with Gasteiger partial charge in [0.15, 0.2) is 0 Å². The zero-order valence-electron chi connectivity index (χ0n) is 13.6. The second-order valence-corrected chi connectivity index (χ2v) is 5.21. The zero-order valence-corrected chi connectivity index (χ0v) is 13.6. The number of benzene rings is 1. The second-order valence-electron chi connectivity index (χ2n) is 5.21. The monoisotopic (exact) mass is 365 g/mol. The quantitative estimate of drug-likeness (QED) is 0.668. The maximum absolute atomic E-state index is 12.2. The van der Waals surface area contributed by atoms with Crippen LogP contribution in [0.3, 0.4) is 0 Å². The van der Waals surface area contributed by atoms with Gasteiger partial charge in [-0.3, -0.25) is 0 Å².